The van der Waals surface area contributed by atoms with Crippen LogP contribution in [0.25, 0.3) is 16.9 Å². The normalized spacial score (nSPS) is 19.8. The molecular formula is C43H48ClN11O3. The van der Waals surface area contributed by atoms with Gasteiger partial charge in [-0.15, -0.1) is 5.10 Å². The van der Waals surface area contributed by atoms with Gasteiger partial charge in [-0.05, 0) is 85.3 Å². The van der Waals surface area contributed by atoms with Crippen LogP contribution in [0.1, 0.15) is 64.3 Å². The molecule has 3 saturated heterocycles. The van der Waals surface area contributed by atoms with E-state index in [1.165, 1.54) is 21.8 Å². The van der Waals surface area contributed by atoms with E-state index in [-0.39, 0.29) is 23.4 Å². The number of piperazine rings is 1. The molecule has 0 radical (unpaired) electrons. The van der Waals surface area contributed by atoms with Crippen molar-refractivity contribution in [1.29, 1.82) is 0 Å². The summed E-state index contributed by atoms with van der Waals surface area (Å²) in [5.74, 6) is -0.712. The average molecular weight is 802 g/mol. The largest absolute Gasteiger partial charge is 0.385 e. The number of nitrogens with two attached hydrogens (primary N) is 1. The first-order valence-corrected chi connectivity index (χ1v) is 20.6. The minimum absolute atomic E-state index is 0.215. The summed E-state index contributed by atoms with van der Waals surface area (Å²) >= 11 is 6.66. The van der Waals surface area contributed by atoms with Gasteiger partial charge in [-0.25, -0.2) is 9.50 Å². The molecule has 15 heteroatoms. The Bertz CT molecular complexity index is 2380. The summed E-state index contributed by atoms with van der Waals surface area (Å²) in [4.78, 5) is 55.2. The summed E-state index contributed by atoms with van der Waals surface area (Å²) < 4.78 is 1.52. The number of halogens is 1. The van der Waals surface area contributed by atoms with Crippen molar-refractivity contribution in [3.8, 4) is 11.3 Å². The Morgan fingerprint density at radius 3 is 2.41 bits per heavy atom. The lowest BCUT2D eigenvalue weighted by atomic mass is 9.90. The van der Waals surface area contributed by atoms with Gasteiger partial charge < -0.3 is 16.0 Å². The summed E-state index contributed by atoms with van der Waals surface area (Å²) in [6.45, 7) is 8.73. The van der Waals surface area contributed by atoms with Crippen LogP contribution in [-0.4, -0.2) is 111 Å². The maximum atomic E-state index is 12.4. The number of benzene rings is 2. The minimum atomic E-state index is -0.578. The van der Waals surface area contributed by atoms with E-state index in [2.05, 4.69) is 71.6 Å². The van der Waals surface area contributed by atoms with Gasteiger partial charge in [-0.2, -0.15) is 0 Å². The predicted octanol–water partition coefficient (Wildman–Crippen LogP) is 4.58. The molecule has 1 atom stereocenters. The van der Waals surface area contributed by atoms with Crippen LogP contribution in [0.5, 0.6) is 0 Å². The van der Waals surface area contributed by atoms with Crippen molar-refractivity contribution in [1.82, 2.24) is 39.6 Å². The second-order valence-corrected chi connectivity index (χ2v) is 16.2. The third-order valence-electron chi connectivity index (χ3n) is 12.4. The van der Waals surface area contributed by atoms with E-state index >= 15 is 0 Å². The van der Waals surface area contributed by atoms with Crippen molar-refractivity contribution in [2.24, 2.45) is 5.73 Å². The number of imide groups is 1. The lowest BCUT2D eigenvalue weighted by Crippen LogP contribution is -2.52. The van der Waals surface area contributed by atoms with E-state index in [0.29, 0.717) is 35.4 Å². The molecule has 1 unspecified atom stereocenters. The van der Waals surface area contributed by atoms with Gasteiger partial charge in [0.15, 0.2) is 11.5 Å². The number of nitrogens with one attached hydrogen (secondary N) is 2. The molecule has 4 aliphatic heterocycles. The molecule has 300 valence electrons. The third-order valence-corrected chi connectivity index (χ3v) is 12.7. The summed E-state index contributed by atoms with van der Waals surface area (Å²) in [6, 6.07) is 19.3. The fourth-order valence-corrected chi connectivity index (χ4v) is 9.59. The van der Waals surface area contributed by atoms with Crippen molar-refractivity contribution in [2.75, 3.05) is 63.1 Å². The Hall–Kier alpha value is -5.41. The molecule has 9 rings (SSSR count). The van der Waals surface area contributed by atoms with E-state index in [1.54, 1.807) is 0 Å². The number of nitrogens with zero attached hydrogens (tertiary/aromatic N) is 8. The van der Waals surface area contributed by atoms with E-state index in [0.717, 1.165) is 112 Å². The average Bonchev–Trinajstić information content (AvgIpc) is 3.87. The Balaban J connectivity index is 0.792. The Labute approximate surface area is 342 Å². The quantitative estimate of drug-likeness (QED) is 0.170. The number of anilines is 3. The van der Waals surface area contributed by atoms with Gasteiger partial charge >= 0.3 is 0 Å². The highest BCUT2D eigenvalue weighted by atomic mass is 35.5. The van der Waals surface area contributed by atoms with Crippen LogP contribution in [0.15, 0.2) is 67.0 Å². The van der Waals surface area contributed by atoms with Crippen LogP contribution in [0.2, 0.25) is 5.02 Å². The van der Waals surface area contributed by atoms with Gasteiger partial charge in [-0.3, -0.25) is 39.4 Å². The molecule has 7 heterocycles. The highest BCUT2D eigenvalue weighted by Gasteiger charge is 2.31. The van der Waals surface area contributed by atoms with Crippen LogP contribution in [-0.2, 0) is 29.1 Å². The highest BCUT2D eigenvalue weighted by molar-refractivity contribution is 6.31. The molecule has 3 fully saturated rings. The van der Waals surface area contributed by atoms with Crippen molar-refractivity contribution >= 4 is 52.2 Å². The molecule has 3 amide bonds. The molecule has 2 aromatic carbocycles. The van der Waals surface area contributed by atoms with E-state index in [4.69, 9.17) is 27.4 Å². The zero-order valence-corrected chi connectivity index (χ0v) is 33.4. The topological polar surface area (TPSA) is 157 Å². The van der Waals surface area contributed by atoms with Crippen molar-refractivity contribution in [3.05, 3.63) is 100.0 Å². The molecule has 3 aromatic heterocycles. The number of likely N-dealkylation sites (tertiary alicyclic amines) is 1. The number of amides is 3. The number of carbonyl (C=O) groups is 3. The van der Waals surface area contributed by atoms with Gasteiger partial charge in [-0.1, -0.05) is 35.9 Å². The molecule has 0 aliphatic carbocycles. The van der Waals surface area contributed by atoms with Gasteiger partial charge in [0.2, 0.25) is 11.8 Å². The zero-order valence-electron chi connectivity index (χ0n) is 32.7. The fraction of sp³-hybridized carbons (Fsp3) is 0.395. The van der Waals surface area contributed by atoms with Crippen molar-refractivity contribution in [3.63, 3.8) is 0 Å². The number of hydrogen-bond acceptors (Lipinski definition) is 11. The molecule has 0 bridgehead atoms. The Kier molecular flexibility index (Phi) is 10.6. The first-order valence-electron chi connectivity index (χ1n) is 20.2. The summed E-state index contributed by atoms with van der Waals surface area (Å²) in [7, 11) is 1.83. The molecule has 0 spiro atoms. The maximum absolute atomic E-state index is 12.4. The lowest BCUT2D eigenvalue weighted by Gasteiger charge is -2.43. The summed E-state index contributed by atoms with van der Waals surface area (Å²) in [5, 5.41) is 11.0. The Morgan fingerprint density at radius 1 is 0.897 bits per heavy atom. The number of rotatable bonds is 10. The molecule has 14 nitrogen and oxygen atoms in total. The number of imidazole rings is 1. The first-order chi connectivity index (χ1) is 28.2. The van der Waals surface area contributed by atoms with Crippen LogP contribution in [0.4, 0.5) is 17.2 Å². The van der Waals surface area contributed by atoms with E-state index in [9.17, 15) is 14.4 Å². The maximum Gasteiger partial charge on any atom is 0.269 e. The van der Waals surface area contributed by atoms with Gasteiger partial charge in [0, 0.05) is 93.9 Å². The SMILES string of the molecule is CNc1cc(N2CCc3c(-c4cc(CN5CCC(N6CCN(Cc7ccc(C8CCC(=O)NC8=O)c(Cl)c7)CC6)CC5)ccn4)cccc32)nn2c(C(N)=O)cnc12. The number of aromatic nitrogens is 4. The van der Waals surface area contributed by atoms with Crippen LogP contribution in [0, 0.1) is 0 Å². The Morgan fingerprint density at radius 2 is 1.67 bits per heavy atom. The predicted molar refractivity (Wildman–Crippen MR) is 223 cm³/mol. The van der Waals surface area contributed by atoms with Crippen molar-refractivity contribution in [2.45, 2.75) is 57.2 Å². The van der Waals surface area contributed by atoms with Gasteiger partial charge in [0.05, 0.1) is 23.5 Å². The number of hydrogen-bond donors (Lipinski definition) is 3. The molecule has 58 heavy (non-hydrogen) atoms. The highest BCUT2D eigenvalue weighted by Crippen LogP contribution is 2.40. The molecule has 4 N–H and O–H groups in total. The third kappa shape index (κ3) is 7.52. The van der Waals surface area contributed by atoms with Crippen LogP contribution >= 0.6 is 11.6 Å². The van der Waals surface area contributed by atoms with E-state index in [1.807, 2.05) is 31.4 Å². The number of pyridine rings is 1. The number of fused-ring (bicyclic) bond motifs is 2. The fourth-order valence-electron chi connectivity index (χ4n) is 9.26. The van der Waals surface area contributed by atoms with Crippen molar-refractivity contribution < 1.29 is 14.4 Å². The van der Waals surface area contributed by atoms with Crippen LogP contribution < -0.4 is 21.3 Å². The number of carbonyl (C=O) groups excluding carboxylic acids is 3. The van der Waals surface area contributed by atoms with E-state index < -0.39 is 5.91 Å². The molecular weight excluding hydrogens is 754 g/mol. The standard InChI is InChI=1S/C43H48ClN11O3/c1-46-36-23-39(50-55-38(41(45)57)24-48-42(36)55)54-16-12-32-31(3-2-4-37(32)54)35-22-28(9-13-47-35)26-51-14-10-29(11-15-51)53-19-17-52(18-20-53)25-27-5-6-30(34(44)21-27)33-7-8-40(56)49-43(33)58/h2-6,9,13,21-24,29,33,46H,7-8,10-12,14-20,25-26H2,1H3,(H2,45,57)(H,49,56,58). The molecule has 4 aliphatic rings. The number of primary amides is 1. The summed E-state index contributed by atoms with van der Waals surface area (Å²) in [6.07, 6.45) is 7.40. The molecule has 0 saturated carbocycles. The van der Waals surface area contributed by atoms with Gasteiger partial charge in [0.25, 0.3) is 5.91 Å². The minimum Gasteiger partial charge on any atom is -0.385 e. The van der Waals surface area contributed by atoms with Crippen LogP contribution in [0.3, 0.4) is 0 Å². The second kappa shape index (κ2) is 16.1. The summed E-state index contributed by atoms with van der Waals surface area (Å²) in [5.41, 5.74) is 14.8. The van der Waals surface area contributed by atoms with Gasteiger partial charge in [0.1, 0.15) is 5.69 Å². The first kappa shape index (κ1) is 38.1. The second-order valence-electron chi connectivity index (χ2n) is 15.8. The number of piperidine rings is 2. The zero-order chi connectivity index (χ0) is 39.9. The molecule has 5 aromatic rings. The monoisotopic (exact) mass is 801 g/mol. The lowest BCUT2D eigenvalue weighted by molar-refractivity contribution is -0.134. The smallest absolute Gasteiger partial charge is 0.269 e.